The minimum atomic E-state index is -3.87. The molecule has 3 aromatic rings. The predicted molar refractivity (Wildman–Crippen MR) is 159 cm³/mol. The monoisotopic (exact) mass is 605 g/mol. The third-order valence-corrected chi connectivity index (χ3v) is 8.01. The Morgan fingerprint density at radius 2 is 1.57 bits per heavy atom. The highest BCUT2D eigenvalue weighted by molar-refractivity contribution is 7.92. The van der Waals surface area contributed by atoms with Gasteiger partial charge >= 0.3 is 0 Å². The van der Waals surface area contributed by atoms with Crippen molar-refractivity contribution in [2.45, 2.75) is 39.5 Å². The summed E-state index contributed by atoms with van der Waals surface area (Å²) in [6, 6.07) is 20.1. The topological polar surface area (TPSA) is 96.0 Å². The molecule has 0 heterocycles. The molecule has 0 spiro atoms. The minimum absolute atomic E-state index is 0.0814. The lowest BCUT2D eigenvalue weighted by Crippen LogP contribution is -2.51. The molecule has 3 rings (SSSR count). The molecule has 0 fully saturated rings. The fourth-order valence-electron chi connectivity index (χ4n) is 3.90. The van der Waals surface area contributed by atoms with Gasteiger partial charge in [0.15, 0.2) is 0 Å². The van der Waals surface area contributed by atoms with Crippen LogP contribution >= 0.6 is 23.2 Å². The van der Waals surface area contributed by atoms with Crippen LogP contribution in [0.15, 0.2) is 72.8 Å². The summed E-state index contributed by atoms with van der Waals surface area (Å²) in [5, 5.41) is 3.45. The largest absolute Gasteiger partial charge is 0.489 e. The fourth-order valence-corrected chi connectivity index (χ4v) is 5.26. The molecule has 0 aromatic heterocycles. The lowest BCUT2D eigenvalue weighted by molar-refractivity contribution is -0.139. The standard InChI is InChI=1S/C29H33Cl2N3O5S/c1-4-17-32-29(36)21(2)33(18-25-26(30)11-8-12-27(25)31)28(35)19-34(40(3,37)38)23-13-15-24(16-14-23)39-20-22-9-6-5-7-10-22/h5-16,21H,4,17-20H2,1-3H3,(H,32,36). The van der Waals surface area contributed by atoms with Crippen LogP contribution in [0.25, 0.3) is 0 Å². The first kappa shape index (κ1) is 31.3. The number of rotatable bonds is 13. The van der Waals surface area contributed by atoms with E-state index in [1.807, 2.05) is 37.3 Å². The summed E-state index contributed by atoms with van der Waals surface area (Å²) in [4.78, 5) is 27.8. The van der Waals surface area contributed by atoms with Gasteiger partial charge in [-0.15, -0.1) is 0 Å². The van der Waals surface area contributed by atoms with Crippen molar-refractivity contribution < 1.29 is 22.7 Å². The molecule has 0 radical (unpaired) electrons. The Labute approximate surface area is 245 Å². The average Bonchev–Trinajstić information content (AvgIpc) is 2.93. The highest BCUT2D eigenvalue weighted by Crippen LogP contribution is 2.27. The molecule has 1 N–H and O–H groups in total. The number of amides is 2. The molecule has 40 heavy (non-hydrogen) atoms. The number of hydrogen-bond donors (Lipinski definition) is 1. The van der Waals surface area contributed by atoms with Crippen LogP contribution in [0.1, 0.15) is 31.4 Å². The van der Waals surface area contributed by atoms with Crippen molar-refractivity contribution >= 4 is 50.7 Å². The van der Waals surface area contributed by atoms with Crippen LogP contribution in [0.3, 0.4) is 0 Å². The van der Waals surface area contributed by atoms with Crippen LogP contribution in [0.5, 0.6) is 5.75 Å². The summed E-state index contributed by atoms with van der Waals surface area (Å²) in [7, 11) is -3.87. The lowest BCUT2D eigenvalue weighted by atomic mass is 10.1. The van der Waals surface area contributed by atoms with Gasteiger partial charge in [-0.3, -0.25) is 13.9 Å². The van der Waals surface area contributed by atoms with Gasteiger partial charge < -0.3 is 15.0 Å². The Bertz CT molecular complexity index is 1380. The second-order valence-electron chi connectivity index (χ2n) is 9.23. The molecule has 0 bridgehead atoms. The zero-order chi connectivity index (χ0) is 29.3. The summed E-state index contributed by atoms with van der Waals surface area (Å²) in [5.41, 5.74) is 1.73. The molecule has 11 heteroatoms. The van der Waals surface area contributed by atoms with Crippen molar-refractivity contribution in [1.29, 1.82) is 0 Å². The van der Waals surface area contributed by atoms with Crippen LogP contribution in [-0.4, -0.2) is 50.5 Å². The summed E-state index contributed by atoms with van der Waals surface area (Å²) in [5.74, 6) is -0.419. The normalized spacial score (nSPS) is 11.9. The van der Waals surface area contributed by atoms with E-state index in [1.165, 1.54) is 4.90 Å². The summed E-state index contributed by atoms with van der Waals surface area (Å²) in [6.45, 7) is 3.67. The van der Waals surface area contributed by atoms with E-state index in [4.69, 9.17) is 27.9 Å². The average molecular weight is 607 g/mol. The quantitative estimate of drug-likeness (QED) is 0.286. The maximum Gasteiger partial charge on any atom is 0.244 e. The number of carbonyl (C=O) groups excluding carboxylic acids is 2. The summed E-state index contributed by atoms with van der Waals surface area (Å²) < 4.78 is 32.4. The van der Waals surface area contributed by atoms with Crippen molar-refractivity contribution in [1.82, 2.24) is 10.2 Å². The van der Waals surface area contributed by atoms with Gasteiger partial charge in [0.25, 0.3) is 0 Å². The number of carbonyl (C=O) groups is 2. The van der Waals surface area contributed by atoms with E-state index in [2.05, 4.69) is 5.32 Å². The smallest absolute Gasteiger partial charge is 0.244 e. The number of nitrogens with zero attached hydrogens (tertiary/aromatic N) is 2. The molecule has 0 aliphatic carbocycles. The molecule has 2 amide bonds. The second-order valence-corrected chi connectivity index (χ2v) is 11.9. The number of ether oxygens (including phenoxy) is 1. The van der Waals surface area contributed by atoms with Gasteiger partial charge in [0.05, 0.1) is 11.9 Å². The van der Waals surface area contributed by atoms with Gasteiger partial charge in [-0.2, -0.15) is 0 Å². The SMILES string of the molecule is CCCNC(=O)C(C)N(Cc1c(Cl)cccc1Cl)C(=O)CN(c1ccc(OCc2ccccc2)cc1)S(C)(=O)=O. The van der Waals surface area contributed by atoms with Gasteiger partial charge in [0, 0.05) is 28.7 Å². The van der Waals surface area contributed by atoms with E-state index in [1.54, 1.807) is 49.4 Å². The fraction of sp³-hybridized carbons (Fsp3) is 0.310. The molecule has 8 nitrogen and oxygen atoms in total. The summed E-state index contributed by atoms with van der Waals surface area (Å²) >= 11 is 12.7. The molecule has 0 saturated heterocycles. The highest BCUT2D eigenvalue weighted by atomic mass is 35.5. The molecule has 0 aliphatic rings. The van der Waals surface area contributed by atoms with Crippen molar-refractivity contribution in [2.75, 3.05) is 23.7 Å². The minimum Gasteiger partial charge on any atom is -0.489 e. The molecule has 1 unspecified atom stereocenters. The van der Waals surface area contributed by atoms with E-state index in [0.29, 0.717) is 34.5 Å². The van der Waals surface area contributed by atoms with Crippen molar-refractivity contribution in [3.63, 3.8) is 0 Å². The Kier molecular flexibility index (Phi) is 11.2. The molecule has 3 aromatic carbocycles. The van der Waals surface area contributed by atoms with Gasteiger partial charge in [-0.1, -0.05) is 66.5 Å². The first-order valence-electron chi connectivity index (χ1n) is 12.8. The molecule has 0 saturated carbocycles. The van der Waals surface area contributed by atoms with E-state index in [-0.39, 0.29) is 18.1 Å². The maximum atomic E-state index is 13.7. The maximum absolute atomic E-state index is 13.7. The zero-order valence-corrected chi connectivity index (χ0v) is 25.0. The first-order valence-corrected chi connectivity index (χ1v) is 15.4. The number of nitrogens with one attached hydrogen (secondary N) is 1. The van der Waals surface area contributed by atoms with Crippen LogP contribution in [0.4, 0.5) is 5.69 Å². The Morgan fingerprint density at radius 1 is 0.950 bits per heavy atom. The lowest BCUT2D eigenvalue weighted by Gasteiger charge is -2.32. The zero-order valence-electron chi connectivity index (χ0n) is 22.6. The number of benzene rings is 3. The van der Waals surface area contributed by atoms with E-state index >= 15 is 0 Å². The third-order valence-electron chi connectivity index (χ3n) is 6.16. The predicted octanol–water partition coefficient (Wildman–Crippen LogP) is 5.28. The van der Waals surface area contributed by atoms with Gasteiger partial charge in [0.1, 0.15) is 24.9 Å². The Morgan fingerprint density at radius 3 is 2.15 bits per heavy atom. The van der Waals surface area contributed by atoms with E-state index in [0.717, 1.165) is 22.5 Å². The highest BCUT2D eigenvalue weighted by Gasteiger charge is 2.30. The first-order chi connectivity index (χ1) is 19.0. The van der Waals surface area contributed by atoms with Gasteiger partial charge in [-0.05, 0) is 55.3 Å². The molecule has 1 atom stereocenters. The molecule has 214 valence electrons. The van der Waals surface area contributed by atoms with E-state index in [9.17, 15) is 18.0 Å². The number of hydrogen-bond acceptors (Lipinski definition) is 5. The van der Waals surface area contributed by atoms with Crippen molar-refractivity contribution in [2.24, 2.45) is 0 Å². The van der Waals surface area contributed by atoms with Crippen LogP contribution in [0, 0.1) is 0 Å². The molecule has 0 aliphatic heterocycles. The Hall–Kier alpha value is -3.27. The summed E-state index contributed by atoms with van der Waals surface area (Å²) in [6.07, 6.45) is 1.74. The third kappa shape index (κ3) is 8.61. The second kappa shape index (κ2) is 14.4. The number of anilines is 1. The molecular weight excluding hydrogens is 573 g/mol. The molecular formula is C29H33Cl2N3O5S. The van der Waals surface area contributed by atoms with Crippen LogP contribution in [-0.2, 0) is 32.8 Å². The van der Waals surface area contributed by atoms with E-state index < -0.39 is 28.5 Å². The van der Waals surface area contributed by atoms with Crippen LogP contribution < -0.4 is 14.4 Å². The Balaban J connectivity index is 1.85. The number of halogens is 2. The van der Waals surface area contributed by atoms with Gasteiger partial charge in [-0.25, -0.2) is 8.42 Å². The van der Waals surface area contributed by atoms with Crippen LogP contribution in [0.2, 0.25) is 10.0 Å². The van der Waals surface area contributed by atoms with Gasteiger partial charge in [0.2, 0.25) is 21.8 Å². The number of sulfonamides is 1. The van der Waals surface area contributed by atoms with Crippen molar-refractivity contribution in [3.8, 4) is 5.75 Å². The van der Waals surface area contributed by atoms with Crippen molar-refractivity contribution in [3.05, 3.63) is 94.0 Å².